The number of nitrogens with zero attached hydrogens (tertiary/aromatic N) is 1. The van der Waals surface area contributed by atoms with E-state index in [9.17, 15) is 10.1 Å². The topological polar surface area (TPSA) is 65.9 Å². The van der Waals surface area contributed by atoms with E-state index in [-0.39, 0.29) is 17.5 Å². The first kappa shape index (κ1) is 16.4. The Morgan fingerprint density at radius 3 is 2.73 bits per heavy atom. The predicted octanol–water partition coefficient (Wildman–Crippen LogP) is 4.36. The molecule has 0 radical (unpaired) electrons. The normalized spacial score (nSPS) is 15.2. The third kappa shape index (κ3) is 2.66. The van der Waals surface area contributed by atoms with E-state index in [0.717, 1.165) is 41.8 Å². The molecule has 4 rings (SSSR count). The Morgan fingerprint density at radius 1 is 1.19 bits per heavy atom. The van der Waals surface area contributed by atoms with Crippen LogP contribution < -0.4 is 10.2 Å². The highest BCUT2D eigenvalue weighted by atomic mass is 16.5. The van der Waals surface area contributed by atoms with Gasteiger partial charge in [-0.15, -0.1) is 0 Å². The second kappa shape index (κ2) is 6.34. The van der Waals surface area contributed by atoms with E-state index < -0.39 is 0 Å². The average Bonchev–Trinajstić information content (AvgIpc) is 2.64. The van der Waals surface area contributed by atoms with Crippen LogP contribution in [-0.4, -0.2) is 4.98 Å². The molecule has 0 amide bonds. The Hall–Kier alpha value is -3.06. The maximum atomic E-state index is 12.5. The van der Waals surface area contributed by atoms with Gasteiger partial charge >= 0.3 is 0 Å². The first-order valence-corrected chi connectivity index (χ1v) is 8.88. The van der Waals surface area contributed by atoms with Crippen LogP contribution in [0.2, 0.25) is 0 Å². The minimum absolute atomic E-state index is 0.0320. The van der Waals surface area contributed by atoms with Crippen LogP contribution in [-0.2, 0) is 12.0 Å². The lowest BCUT2D eigenvalue weighted by molar-refractivity contribution is 0.295. The molecular formula is C22H20N2O2. The average molecular weight is 344 g/mol. The molecule has 0 saturated heterocycles. The number of aromatic amines is 1. The van der Waals surface area contributed by atoms with E-state index in [2.05, 4.69) is 11.1 Å². The van der Waals surface area contributed by atoms with Gasteiger partial charge in [0, 0.05) is 16.5 Å². The molecule has 4 nitrogen and oxygen atoms in total. The molecule has 130 valence electrons. The van der Waals surface area contributed by atoms with Crippen LogP contribution in [0.15, 0.2) is 53.3 Å². The van der Waals surface area contributed by atoms with Crippen molar-refractivity contribution < 1.29 is 4.74 Å². The minimum atomic E-state index is -0.355. The third-order valence-electron chi connectivity index (χ3n) is 5.44. The summed E-state index contributed by atoms with van der Waals surface area (Å²) in [5, 5.41) is 10.2. The summed E-state index contributed by atoms with van der Waals surface area (Å²) < 4.78 is 5.95. The standard InChI is InChI=1S/C22H20N2O2/c1-15-20(24-19-9-3-2-8-18(19)21(15)25)13-26-17-7-4-6-16(12-17)22(14-23)10-5-11-22/h2-4,6-9,12H,5,10-11,13H2,1H3,(H,24,25). The van der Waals surface area contributed by atoms with E-state index in [4.69, 9.17) is 4.74 Å². The van der Waals surface area contributed by atoms with Gasteiger partial charge in [0.1, 0.15) is 12.4 Å². The Morgan fingerprint density at radius 2 is 2.00 bits per heavy atom. The SMILES string of the molecule is Cc1c(COc2cccc(C3(C#N)CCC3)c2)[nH]c2ccccc2c1=O. The molecule has 0 spiro atoms. The van der Waals surface area contributed by atoms with Crippen LogP contribution in [0.4, 0.5) is 0 Å². The lowest BCUT2D eigenvalue weighted by Crippen LogP contribution is -2.32. The van der Waals surface area contributed by atoms with Gasteiger partial charge in [-0.25, -0.2) is 0 Å². The largest absolute Gasteiger partial charge is 0.487 e. The highest BCUT2D eigenvalue weighted by molar-refractivity contribution is 5.79. The van der Waals surface area contributed by atoms with Crippen molar-refractivity contribution in [3.63, 3.8) is 0 Å². The molecule has 1 fully saturated rings. The summed E-state index contributed by atoms with van der Waals surface area (Å²) >= 11 is 0. The summed E-state index contributed by atoms with van der Waals surface area (Å²) in [6.07, 6.45) is 2.91. The number of hydrogen-bond acceptors (Lipinski definition) is 3. The van der Waals surface area contributed by atoms with E-state index in [1.807, 2.05) is 55.5 Å². The molecule has 0 bridgehead atoms. The molecule has 1 aliphatic rings. The quantitative estimate of drug-likeness (QED) is 0.765. The van der Waals surface area contributed by atoms with E-state index >= 15 is 0 Å². The van der Waals surface area contributed by atoms with E-state index in [0.29, 0.717) is 10.9 Å². The highest BCUT2D eigenvalue weighted by Crippen LogP contribution is 2.43. The Balaban J connectivity index is 1.60. The van der Waals surface area contributed by atoms with Crippen molar-refractivity contribution in [1.29, 1.82) is 5.26 Å². The van der Waals surface area contributed by atoms with E-state index in [1.54, 1.807) is 0 Å². The fourth-order valence-corrected chi connectivity index (χ4v) is 3.56. The summed E-state index contributed by atoms with van der Waals surface area (Å²) in [4.78, 5) is 15.8. The van der Waals surface area contributed by atoms with Gasteiger partial charge in [0.15, 0.2) is 5.43 Å². The molecule has 2 aromatic carbocycles. The van der Waals surface area contributed by atoms with Crippen LogP contribution >= 0.6 is 0 Å². The summed E-state index contributed by atoms with van der Waals surface area (Å²) in [5.41, 5.74) is 2.96. The zero-order valence-electron chi connectivity index (χ0n) is 14.7. The maximum Gasteiger partial charge on any atom is 0.192 e. The van der Waals surface area contributed by atoms with Crippen LogP contribution in [0.1, 0.15) is 36.1 Å². The number of nitriles is 1. The summed E-state index contributed by atoms with van der Waals surface area (Å²) in [6.45, 7) is 2.11. The number of para-hydroxylation sites is 1. The van der Waals surface area contributed by atoms with Crippen LogP contribution in [0.3, 0.4) is 0 Å². The van der Waals surface area contributed by atoms with Crippen LogP contribution in [0, 0.1) is 18.3 Å². The molecule has 4 heteroatoms. The Kier molecular flexibility index (Phi) is 4.00. The van der Waals surface area contributed by atoms with Gasteiger partial charge in [-0.3, -0.25) is 4.79 Å². The fraction of sp³-hybridized carbons (Fsp3) is 0.273. The number of pyridine rings is 1. The van der Waals surface area contributed by atoms with Crippen molar-refractivity contribution in [2.24, 2.45) is 0 Å². The number of rotatable bonds is 4. The van der Waals surface area contributed by atoms with Gasteiger partial charge in [0.25, 0.3) is 0 Å². The molecule has 0 unspecified atom stereocenters. The second-order valence-electron chi connectivity index (χ2n) is 6.97. The van der Waals surface area contributed by atoms with Gasteiger partial charge in [-0.2, -0.15) is 5.26 Å². The molecule has 0 atom stereocenters. The summed E-state index contributed by atoms with van der Waals surface area (Å²) in [7, 11) is 0. The molecular weight excluding hydrogens is 324 g/mol. The Labute approximate surface area is 152 Å². The van der Waals surface area contributed by atoms with Crippen molar-refractivity contribution in [2.75, 3.05) is 0 Å². The molecule has 1 saturated carbocycles. The lowest BCUT2D eigenvalue weighted by atomic mass is 9.65. The number of aromatic nitrogens is 1. The van der Waals surface area contributed by atoms with Gasteiger partial charge in [0.2, 0.25) is 0 Å². The molecule has 0 aliphatic heterocycles. The number of benzene rings is 2. The van der Waals surface area contributed by atoms with Crippen molar-refractivity contribution in [3.05, 3.63) is 75.6 Å². The summed E-state index contributed by atoms with van der Waals surface area (Å²) in [6, 6.07) is 17.7. The number of hydrogen-bond donors (Lipinski definition) is 1. The van der Waals surface area contributed by atoms with Crippen molar-refractivity contribution in [3.8, 4) is 11.8 Å². The Bertz CT molecular complexity index is 1070. The van der Waals surface area contributed by atoms with Crippen molar-refractivity contribution in [1.82, 2.24) is 4.98 Å². The first-order chi connectivity index (χ1) is 12.6. The molecule has 1 aromatic heterocycles. The zero-order chi connectivity index (χ0) is 18.1. The van der Waals surface area contributed by atoms with E-state index in [1.165, 1.54) is 0 Å². The second-order valence-corrected chi connectivity index (χ2v) is 6.97. The maximum absolute atomic E-state index is 12.5. The number of fused-ring (bicyclic) bond motifs is 1. The van der Waals surface area contributed by atoms with Crippen LogP contribution in [0.25, 0.3) is 10.9 Å². The van der Waals surface area contributed by atoms with Crippen molar-refractivity contribution >= 4 is 10.9 Å². The molecule has 3 aromatic rings. The van der Waals surface area contributed by atoms with Gasteiger partial charge < -0.3 is 9.72 Å². The molecule has 1 heterocycles. The molecule has 26 heavy (non-hydrogen) atoms. The molecule has 1 aliphatic carbocycles. The third-order valence-corrected chi connectivity index (χ3v) is 5.44. The lowest BCUT2D eigenvalue weighted by Gasteiger charge is -2.35. The van der Waals surface area contributed by atoms with Gasteiger partial charge in [0.05, 0.1) is 17.2 Å². The smallest absolute Gasteiger partial charge is 0.192 e. The number of H-pyrrole nitrogens is 1. The minimum Gasteiger partial charge on any atom is -0.487 e. The van der Waals surface area contributed by atoms with Gasteiger partial charge in [-0.05, 0) is 56.0 Å². The summed E-state index contributed by atoms with van der Waals surface area (Å²) in [5.74, 6) is 0.720. The van der Waals surface area contributed by atoms with Crippen molar-refractivity contribution in [2.45, 2.75) is 38.2 Å². The number of ether oxygens (including phenoxy) is 1. The monoisotopic (exact) mass is 344 g/mol. The number of nitrogens with one attached hydrogen (secondary N) is 1. The zero-order valence-corrected chi connectivity index (χ0v) is 14.7. The predicted molar refractivity (Wildman–Crippen MR) is 101 cm³/mol. The fourth-order valence-electron chi connectivity index (χ4n) is 3.56. The van der Waals surface area contributed by atoms with Gasteiger partial charge in [-0.1, -0.05) is 24.3 Å². The highest BCUT2D eigenvalue weighted by Gasteiger charge is 2.39. The first-order valence-electron chi connectivity index (χ1n) is 8.88. The van der Waals surface area contributed by atoms with Crippen LogP contribution in [0.5, 0.6) is 5.75 Å². The molecule has 1 N–H and O–H groups in total.